The predicted molar refractivity (Wildman–Crippen MR) is 68.9 cm³/mol. The number of nitrogens with one attached hydrogen (secondary N) is 1. The summed E-state index contributed by atoms with van der Waals surface area (Å²) in [5.74, 6) is 0.888. The fraction of sp³-hybridized carbons (Fsp3) is 0.231. The molecular weight excluding hydrogens is 212 g/mol. The molecule has 0 aliphatic rings. The van der Waals surface area contributed by atoms with Gasteiger partial charge in [0.2, 0.25) is 5.95 Å². The highest BCUT2D eigenvalue weighted by atomic mass is 15.2. The molecule has 2 aromatic rings. The monoisotopic (exact) mass is 228 g/mol. The molecule has 0 saturated heterocycles. The molecule has 0 unspecified atom stereocenters. The Morgan fingerprint density at radius 2 is 2.12 bits per heavy atom. The Morgan fingerprint density at radius 3 is 2.88 bits per heavy atom. The molecule has 4 heteroatoms. The van der Waals surface area contributed by atoms with Gasteiger partial charge in [-0.05, 0) is 24.1 Å². The lowest BCUT2D eigenvalue weighted by molar-refractivity contribution is 0.817. The summed E-state index contributed by atoms with van der Waals surface area (Å²) in [4.78, 5) is 8.25. The molecule has 0 fully saturated rings. The molecule has 17 heavy (non-hydrogen) atoms. The van der Waals surface area contributed by atoms with E-state index in [1.165, 1.54) is 5.56 Å². The van der Waals surface area contributed by atoms with Crippen LogP contribution in [0.5, 0.6) is 0 Å². The van der Waals surface area contributed by atoms with E-state index in [0.29, 0.717) is 0 Å². The number of rotatable bonds is 6. The number of pyridine rings is 1. The number of imidazole rings is 1. The molecule has 0 aliphatic carbocycles. The molecule has 0 atom stereocenters. The fourth-order valence-corrected chi connectivity index (χ4v) is 1.63. The van der Waals surface area contributed by atoms with Crippen LogP contribution in [0.2, 0.25) is 0 Å². The third-order valence-corrected chi connectivity index (χ3v) is 2.49. The van der Waals surface area contributed by atoms with Gasteiger partial charge in [0, 0.05) is 37.9 Å². The van der Waals surface area contributed by atoms with E-state index in [1.54, 1.807) is 6.20 Å². The number of allylic oxidation sites excluding steroid dienone is 1. The third kappa shape index (κ3) is 3.17. The summed E-state index contributed by atoms with van der Waals surface area (Å²) in [6.07, 6.45) is 10.2. The Balaban J connectivity index is 1.86. The van der Waals surface area contributed by atoms with E-state index < -0.39 is 0 Å². The first-order chi connectivity index (χ1) is 8.40. The van der Waals surface area contributed by atoms with Crippen molar-refractivity contribution >= 4 is 5.95 Å². The number of hydrogen-bond donors (Lipinski definition) is 1. The van der Waals surface area contributed by atoms with Crippen molar-refractivity contribution in [2.24, 2.45) is 0 Å². The second-order valence-corrected chi connectivity index (χ2v) is 3.72. The lowest BCUT2D eigenvalue weighted by Gasteiger charge is -2.07. The Bertz CT molecular complexity index is 461. The first-order valence-electron chi connectivity index (χ1n) is 5.65. The zero-order valence-corrected chi connectivity index (χ0v) is 9.71. The van der Waals surface area contributed by atoms with Gasteiger partial charge in [0.15, 0.2) is 0 Å². The average Bonchev–Trinajstić information content (AvgIpc) is 2.79. The molecule has 0 saturated carbocycles. The van der Waals surface area contributed by atoms with E-state index in [4.69, 9.17) is 0 Å². The van der Waals surface area contributed by atoms with E-state index >= 15 is 0 Å². The van der Waals surface area contributed by atoms with Gasteiger partial charge in [0.05, 0.1) is 0 Å². The van der Waals surface area contributed by atoms with Gasteiger partial charge in [-0.25, -0.2) is 4.98 Å². The Hall–Kier alpha value is -2.10. The summed E-state index contributed by atoms with van der Waals surface area (Å²) >= 11 is 0. The topological polar surface area (TPSA) is 42.7 Å². The zero-order chi connectivity index (χ0) is 11.9. The van der Waals surface area contributed by atoms with Crippen LogP contribution in [0.25, 0.3) is 0 Å². The van der Waals surface area contributed by atoms with Crippen molar-refractivity contribution in [3.8, 4) is 0 Å². The third-order valence-electron chi connectivity index (χ3n) is 2.49. The highest BCUT2D eigenvalue weighted by molar-refractivity contribution is 5.26. The second kappa shape index (κ2) is 5.84. The summed E-state index contributed by atoms with van der Waals surface area (Å²) in [5.41, 5.74) is 1.27. The highest BCUT2D eigenvalue weighted by Crippen LogP contribution is 2.05. The summed E-state index contributed by atoms with van der Waals surface area (Å²) in [6.45, 7) is 5.36. The van der Waals surface area contributed by atoms with Crippen molar-refractivity contribution < 1.29 is 0 Å². The number of anilines is 1. The van der Waals surface area contributed by atoms with E-state index in [9.17, 15) is 0 Å². The molecule has 0 spiro atoms. The van der Waals surface area contributed by atoms with Gasteiger partial charge < -0.3 is 9.88 Å². The summed E-state index contributed by atoms with van der Waals surface area (Å²) in [7, 11) is 0. The fourth-order valence-electron chi connectivity index (χ4n) is 1.63. The van der Waals surface area contributed by atoms with Gasteiger partial charge in [-0.3, -0.25) is 4.98 Å². The van der Waals surface area contributed by atoms with Crippen LogP contribution in [0.1, 0.15) is 5.56 Å². The van der Waals surface area contributed by atoms with Crippen molar-refractivity contribution in [1.82, 2.24) is 14.5 Å². The van der Waals surface area contributed by atoms with Gasteiger partial charge >= 0.3 is 0 Å². The molecule has 0 aromatic carbocycles. The molecule has 1 N–H and O–H groups in total. The first-order valence-corrected chi connectivity index (χ1v) is 5.65. The van der Waals surface area contributed by atoms with Gasteiger partial charge in [-0.15, -0.1) is 6.58 Å². The Labute approximate surface area is 101 Å². The lowest BCUT2D eigenvalue weighted by Crippen LogP contribution is -2.10. The van der Waals surface area contributed by atoms with Crippen LogP contribution in [0.15, 0.2) is 49.6 Å². The van der Waals surface area contributed by atoms with Crippen molar-refractivity contribution in [1.29, 1.82) is 0 Å². The molecule has 0 bridgehead atoms. The quantitative estimate of drug-likeness (QED) is 0.770. The van der Waals surface area contributed by atoms with Crippen molar-refractivity contribution in [3.63, 3.8) is 0 Å². The van der Waals surface area contributed by atoms with Crippen LogP contribution in [-0.2, 0) is 13.0 Å². The van der Waals surface area contributed by atoms with E-state index in [0.717, 1.165) is 25.5 Å². The number of aromatic nitrogens is 3. The largest absolute Gasteiger partial charge is 0.355 e. The van der Waals surface area contributed by atoms with Crippen LogP contribution in [-0.4, -0.2) is 21.1 Å². The number of hydrogen-bond acceptors (Lipinski definition) is 3. The average molecular weight is 228 g/mol. The molecule has 2 heterocycles. The van der Waals surface area contributed by atoms with Crippen LogP contribution in [0.4, 0.5) is 5.95 Å². The summed E-state index contributed by atoms with van der Waals surface area (Å²) < 4.78 is 2.03. The minimum Gasteiger partial charge on any atom is -0.355 e. The smallest absolute Gasteiger partial charge is 0.203 e. The van der Waals surface area contributed by atoms with Gasteiger partial charge in [0.25, 0.3) is 0 Å². The number of nitrogens with zero attached hydrogens (tertiary/aromatic N) is 3. The molecule has 0 radical (unpaired) electrons. The molecule has 4 nitrogen and oxygen atoms in total. The van der Waals surface area contributed by atoms with Gasteiger partial charge in [0.1, 0.15) is 0 Å². The Kier molecular flexibility index (Phi) is 3.91. The van der Waals surface area contributed by atoms with Gasteiger partial charge in [-0.2, -0.15) is 0 Å². The predicted octanol–water partition coefficient (Wildman–Crippen LogP) is 2.12. The van der Waals surface area contributed by atoms with Crippen LogP contribution in [0.3, 0.4) is 0 Å². The zero-order valence-electron chi connectivity index (χ0n) is 9.71. The Morgan fingerprint density at radius 1 is 1.29 bits per heavy atom. The summed E-state index contributed by atoms with van der Waals surface area (Å²) in [5, 5.41) is 3.31. The minimum atomic E-state index is 0.775. The SMILES string of the molecule is C=CCn1ccnc1NCCc1ccncc1. The standard InChI is InChI=1S/C13H16N4/c1-2-10-17-11-9-16-13(17)15-8-5-12-3-6-14-7-4-12/h2-4,6-7,9,11H,1,5,8,10H2,(H,15,16). The van der Waals surface area contributed by atoms with Crippen LogP contribution < -0.4 is 5.32 Å². The van der Waals surface area contributed by atoms with Gasteiger partial charge in [-0.1, -0.05) is 6.08 Å². The van der Waals surface area contributed by atoms with Crippen molar-refractivity contribution in [2.75, 3.05) is 11.9 Å². The van der Waals surface area contributed by atoms with Crippen molar-refractivity contribution in [2.45, 2.75) is 13.0 Å². The van der Waals surface area contributed by atoms with Crippen LogP contribution >= 0.6 is 0 Å². The molecule has 0 amide bonds. The van der Waals surface area contributed by atoms with E-state index in [-0.39, 0.29) is 0 Å². The minimum absolute atomic E-state index is 0.775. The van der Waals surface area contributed by atoms with E-state index in [2.05, 4.69) is 21.9 Å². The molecule has 88 valence electrons. The molecular formula is C13H16N4. The maximum atomic E-state index is 4.26. The molecule has 2 rings (SSSR count). The second-order valence-electron chi connectivity index (χ2n) is 3.72. The maximum Gasteiger partial charge on any atom is 0.203 e. The lowest BCUT2D eigenvalue weighted by atomic mass is 10.2. The van der Waals surface area contributed by atoms with Crippen molar-refractivity contribution in [3.05, 3.63) is 55.1 Å². The highest BCUT2D eigenvalue weighted by Gasteiger charge is 1.99. The molecule has 2 aromatic heterocycles. The normalized spacial score (nSPS) is 10.1. The molecule has 0 aliphatic heterocycles. The maximum absolute atomic E-state index is 4.26. The first kappa shape index (κ1) is 11.4. The summed E-state index contributed by atoms with van der Waals surface area (Å²) in [6, 6.07) is 4.05. The van der Waals surface area contributed by atoms with Crippen LogP contribution in [0, 0.1) is 0 Å². The van der Waals surface area contributed by atoms with E-state index in [1.807, 2.05) is 41.4 Å².